The number of halogens is 2. The van der Waals surface area contributed by atoms with E-state index in [0.717, 1.165) is 10.0 Å². The number of anilines is 1. The summed E-state index contributed by atoms with van der Waals surface area (Å²) in [5, 5.41) is 0.361. The van der Waals surface area contributed by atoms with Crippen LogP contribution in [0, 0.1) is 0 Å². The number of benzene rings is 2. The first-order chi connectivity index (χ1) is 11.3. The van der Waals surface area contributed by atoms with Crippen LogP contribution >= 0.6 is 27.5 Å². The van der Waals surface area contributed by atoms with Crippen molar-refractivity contribution in [2.24, 2.45) is 0 Å². The molecule has 0 N–H and O–H groups in total. The molecule has 0 aliphatic carbocycles. The van der Waals surface area contributed by atoms with Gasteiger partial charge in [0.05, 0.1) is 12.3 Å². The zero-order valence-corrected chi connectivity index (χ0v) is 16.5. The van der Waals surface area contributed by atoms with E-state index in [1.165, 1.54) is 10.4 Å². The van der Waals surface area contributed by atoms with Gasteiger partial charge in [0.2, 0.25) is 0 Å². The fourth-order valence-corrected chi connectivity index (χ4v) is 5.50. The van der Waals surface area contributed by atoms with Gasteiger partial charge in [0.1, 0.15) is 10.6 Å². The molecule has 0 unspecified atom stereocenters. The van der Waals surface area contributed by atoms with Gasteiger partial charge in [-0.25, -0.2) is 8.42 Å². The monoisotopic (exact) mass is 429 g/mol. The SMILES string of the molecule is CCOc1ccc(Cl)cc1S(=O)(=O)N1c2ccc(Br)cc2C[C@H]1C. The molecule has 0 aromatic heterocycles. The first-order valence-corrected chi connectivity index (χ1v) is 10.2. The summed E-state index contributed by atoms with van der Waals surface area (Å²) in [5.41, 5.74) is 1.70. The Morgan fingerprint density at radius 2 is 2.04 bits per heavy atom. The summed E-state index contributed by atoms with van der Waals surface area (Å²) in [7, 11) is -3.78. The molecule has 0 saturated carbocycles. The minimum Gasteiger partial charge on any atom is -0.492 e. The topological polar surface area (TPSA) is 46.6 Å². The van der Waals surface area contributed by atoms with E-state index in [-0.39, 0.29) is 10.9 Å². The van der Waals surface area contributed by atoms with Crippen molar-refractivity contribution >= 4 is 43.2 Å². The van der Waals surface area contributed by atoms with Gasteiger partial charge in [-0.2, -0.15) is 0 Å². The zero-order valence-electron chi connectivity index (χ0n) is 13.3. The van der Waals surface area contributed by atoms with Gasteiger partial charge >= 0.3 is 0 Å². The quantitative estimate of drug-likeness (QED) is 0.710. The third kappa shape index (κ3) is 3.03. The fourth-order valence-electron chi connectivity index (χ4n) is 3.00. The number of rotatable bonds is 4. The highest BCUT2D eigenvalue weighted by atomic mass is 79.9. The molecule has 0 radical (unpaired) electrons. The lowest BCUT2D eigenvalue weighted by Gasteiger charge is -2.25. The minimum atomic E-state index is -3.78. The van der Waals surface area contributed by atoms with Crippen molar-refractivity contribution in [2.75, 3.05) is 10.9 Å². The van der Waals surface area contributed by atoms with Crippen molar-refractivity contribution in [1.82, 2.24) is 0 Å². The Labute approximate surface area is 155 Å². The summed E-state index contributed by atoms with van der Waals surface area (Å²) in [4.78, 5) is 0.0967. The molecule has 128 valence electrons. The molecule has 2 aromatic carbocycles. The van der Waals surface area contributed by atoms with Gasteiger partial charge in [-0.1, -0.05) is 27.5 Å². The van der Waals surface area contributed by atoms with E-state index in [2.05, 4.69) is 15.9 Å². The maximum Gasteiger partial charge on any atom is 0.268 e. The number of fused-ring (bicyclic) bond motifs is 1. The minimum absolute atomic E-state index is 0.0967. The molecule has 1 heterocycles. The van der Waals surface area contributed by atoms with Crippen LogP contribution in [0.2, 0.25) is 5.02 Å². The van der Waals surface area contributed by atoms with Crippen LogP contribution in [0.4, 0.5) is 5.69 Å². The van der Waals surface area contributed by atoms with Crippen molar-refractivity contribution in [2.45, 2.75) is 31.2 Å². The molecule has 1 aliphatic rings. The van der Waals surface area contributed by atoms with Gasteiger partial charge in [0.25, 0.3) is 10.0 Å². The average Bonchev–Trinajstić information content (AvgIpc) is 2.84. The highest BCUT2D eigenvalue weighted by molar-refractivity contribution is 9.10. The van der Waals surface area contributed by atoms with Gasteiger partial charge in [0.15, 0.2) is 0 Å². The highest BCUT2D eigenvalue weighted by Gasteiger charge is 2.37. The van der Waals surface area contributed by atoms with Crippen LogP contribution in [0.5, 0.6) is 5.75 Å². The molecule has 24 heavy (non-hydrogen) atoms. The normalized spacial score (nSPS) is 17.0. The molecule has 3 rings (SSSR count). The first kappa shape index (κ1) is 17.6. The van der Waals surface area contributed by atoms with E-state index in [1.807, 2.05) is 32.0 Å². The third-order valence-electron chi connectivity index (χ3n) is 3.94. The van der Waals surface area contributed by atoms with E-state index < -0.39 is 10.0 Å². The van der Waals surface area contributed by atoms with E-state index in [0.29, 0.717) is 29.5 Å². The average molecular weight is 431 g/mol. The molecule has 4 nitrogen and oxygen atoms in total. The Balaban J connectivity index is 2.14. The zero-order chi connectivity index (χ0) is 17.5. The molecule has 1 aliphatic heterocycles. The molecule has 0 fully saturated rings. The van der Waals surface area contributed by atoms with Gasteiger partial charge in [-0.05, 0) is 62.2 Å². The van der Waals surface area contributed by atoms with Crippen LogP contribution in [-0.4, -0.2) is 21.1 Å². The standard InChI is InChI=1S/C17H17BrClNO3S/c1-3-23-16-7-5-14(19)10-17(16)24(21,22)20-11(2)8-12-9-13(18)4-6-15(12)20/h4-7,9-11H,3,8H2,1-2H3/t11-/m1/s1. The van der Waals surface area contributed by atoms with Crippen LogP contribution in [-0.2, 0) is 16.4 Å². The molecular formula is C17H17BrClNO3S. The lowest BCUT2D eigenvalue weighted by Crippen LogP contribution is -2.36. The molecule has 0 saturated heterocycles. The molecule has 1 atom stereocenters. The van der Waals surface area contributed by atoms with Crippen molar-refractivity contribution < 1.29 is 13.2 Å². The lowest BCUT2D eigenvalue weighted by atomic mass is 10.1. The Morgan fingerprint density at radius 1 is 1.29 bits per heavy atom. The second-order valence-electron chi connectivity index (χ2n) is 5.65. The van der Waals surface area contributed by atoms with Crippen LogP contribution in [0.25, 0.3) is 0 Å². The van der Waals surface area contributed by atoms with Crippen molar-refractivity contribution in [3.05, 3.63) is 51.5 Å². The van der Waals surface area contributed by atoms with Crippen LogP contribution in [0.3, 0.4) is 0 Å². The Morgan fingerprint density at radius 3 is 2.75 bits per heavy atom. The summed E-state index contributed by atoms with van der Waals surface area (Å²) < 4.78 is 34.5. The van der Waals surface area contributed by atoms with Crippen LogP contribution in [0.1, 0.15) is 19.4 Å². The van der Waals surface area contributed by atoms with E-state index in [1.54, 1.807) is 12.1 Å². The summed E-state index contributed by atoms with van der Waals surface area (Å²) >= 11 is 9.48. The predicted octanol–water partition coefficient (Wildman–Crippen LogP) is 4.64. The van der Waals surface area contributed by atoms with Gasteiger partial charge < -0.3 is 4.74 Å². The number of sulfonamides is 1. The number of nitrogens with zero attached hydrogens (tertiary/aromatic N) is 1. The second-order valence-corrected chi connectivity index (χ2v) is 8.79. The third-order valence-corrected chi connectivity index (χ3v) is 6.61. The van der Waals surface area contributed by atoms with Crippen LogP contribution in [0.15, 0.2) is 45.8 Å². The largest absolute Gasteiger partial charge is 0.492 e. The first-order valence-electron chi connectivity index (χ1n) is 7.59. The summed E-state index contributed by atoms with van der Waals surface area (Å²) in [6.45, 7) is 4.09. The van der Waals surface area contributed by atoms with Gasteiger partial charge in [-0.3, -0.25) is 4.31 Å². The predicted molar refractivity (Wildman–Crippen MR) is 99.6 cm³/mol. The lowest BCUT2D eigenvalue weighted by molar-refractivity contribution is 0.331. The Hall–Kier alpha value is -1.24. The van der Waals surface area contributed by atoms with Crippen molar-refractivity contribution in [3.63, 3.8) is 0 Å². The molecule has 0 bridgehead atoms. The summed E-state index contributed by atoms with van der Waals surface area (Å²) in [6.07, 6.45) is 0.665. The van der Waals surface area contributed by atoms with Gasteiger partial charge in [0, 0.05) is 15.5 Å². The molecule has 0 spiro atoms. The van der Waals surface area contributed by atoms with E-state index >= 15 is 0 Å². The maximum atomic E-state index is 13.3. The van der Waals surface area contributed by atoms with Crippen LogP contribution < -0.4 is 9.04 Å². The molecular weight excluding hydrogens is 414 g/mol. The van der Waals surface area contributed by atoms with E-state index in [4.69, 9.17) is 16.3 Å². The molecule has 2 aromatic rings. The van der Waals surface area contributed by atoms with Gasteiger partial charge in [-0.15, -0.1) is 0 Å². The smallest absolute Gasteiger partial charge is 0.268 e. The Kier molecular flexibility index (Phi) is 4.82. The second kappa shape index (κ2) is 6.58. The fraction of sp³-hybridized carbons (Fsp3) is 0.294. The molecule has 0 amide bonds. The van der Waals surface area contributed by atoms with Crippen molar-refractivity contribution in [3.8, 4) is 5.75 Å². The molecule has 7 heteroatoms. The Bertz CT molecular complexity index is 885. The van der Waals surface area contributed by atoms with Crippen molar-refractivity contribution in [1.29, 1.82) is 0 Å². The highest BCUT2D eigenvalue weighted by Crippen LogP contribution is 2.40. The number of hydrogen-bond acceptors (Lipinski definition) is 3. The van der Waals surface area contributed by atoms with E-state index in [9.17, 15) is 8.42 Å². The maximum absolute atomic E-state index is 13.3. The summed E-state index contributed by atoms with van der Waals surface area (Å²) in [6, 6.07) is 10.1. The number of ether oxygens (including phenoxy) is 1. The summed E-state index contributed by atoms with van der Waals surface area (Å²) in [5.74, 6) is 0.319. The number of hydrogen-bond donors (Lipinski definition) is 0.